The highest BCUT2D eigenvalue weighted by Crippen LogP contribution is 2.19. The topological polar surface area (TPSA) is 95.7 Å². The van der Waals surface area contributed by atoms with Gasteiger partial charge in [-0.05, 0) is 6.92 Å². The summed E-state index contributed by atoms with van der Waals surface area (Å²) in [7, 11) is 0. The van der Waals surface area contributed by atoms with E-state index in [4.69, 9.17) is 10.3 Å². The van der Waals surface area contributed by atoms with E-state index in [2.05, 4.69) is 20.4 Å². The Kier molecular flexibility index (Phi) is 2.58. The Bertz CT molecular complexity index is 464. The lowest BCUT2D eigenvalue weighted by Crippen LogP contribution is -2.11. The van der Waals surface area contributed by atoms with E-state index in [0.717, 1.165) is 0 Å². The molecule has 0 atom stereocenters. The van der Waals surface area contributed by atoms with Gasteiger partial charge >= 0.3 is 0 Å². The minimum atomic E-state index is 0.538. The Hall–Kier alpha value is -1.57. The van der Waals surface area contributed by atoms with Crippen LogP contribution in [0.2, 0.25) is 0 Å². The maximum Gasteiger partial charge on any atom is 0.226 e. The third-order valence-corrected chi connectivity index (χ3v) is 2.66. The number of aryl methyl sites for hydroxylation is 2. The minimum absolute atomic E-state index is 0.538. The molecule has 0 aliphatic carbocycles. The van der Waals surface area contributed by atoms with E-state index in [1.807, 2.05) is 0 Å². The van der Waals surface area contributed by atoms with Crippen molar-refractivity contribution in [3.05, 3.63) is 17.6 Å². The summed E-state index contributed by atoms with van der Waals surface area (Å²) in [4.78, 5) is 0. The van der Waals surface area contributed by atoms with E-state index in [1.165, 1.54) is 16.4 Å². The van der Waals surface area contributed by atoms with Crippen LogP contribution < -0.4 is 5.84 Å². The average molecular weight is 226 g/mol. The van der Waals surface area contributed by atoms with Crippen molar-refractivity contribution in [2.75, 3.05) is 5.84 Å². The van der Waals surface area contributed by atoms with E-state index in [-0.39, 0.29) is 0 Å². The lowest BCUT2D eigenvalue weighted by molar-refractivity contribution is 0.485. The molecule has 8 heteroatoms. The molecule has 0 aliphatic rings. The summed E-state index contributed by atoms with van der Waals surface area (Å²) in [5.74, 6) is 7.99. The molecule has 0 saturated heterocycles. The van der Waals surface area contributed by atoms with Gasteiger partial charge < -0.3 is 10.3 Å². The van der Waals surface area contributed by atoms with Gasteiger partial charge in [-0.15, -0.1) is 20.4 Å². The second-order valence-corrected chi connectivity index (χ2v) is 3.85. The molecule has 0 aromatic carbocycles. The van der Waals surface area contributed by atoms with E-state index in [0.29, 0.717) is 28.5 Å². The smallest absolute Gasteiger partial charge is 0.226 e. The van der Waals surface area contributed by atoms with E-state index < -0.39 is 0 Å². The van der Waals surface area contributed by atoms with Crippen LogP contribution in [-0.4, -0.2) is 25.1 Å². The van der Waals surface area contributed by atoms with Crippen molar-refractivity contribution >= 4 is 11.8 Å². The standard InChI is InChI=1S/C7H10N6OS/c1-4-9-12-7(13(4)8)15-3-6-11-10-5(2)14-6/h3,8H2,1-2H3. The molecule has 0 aliphatic heterocycles. The summed E-state index contributed by atoms with van der Waals surface area (Å²) in [5.41, 5.74) is 0. The lowest BCUT2D eigenvalue weighted by atomic mass is 10.7. The third-order valence-electron chi connectivity index (χ3n) is 1.73. The van der Waals surface area contributed by atoms with E-state index >= 15 is 0 Å². The predicted molar refractivity (Wildman–Crippen MR) is 53.5 cm³/mol. The van der Waals surface area contributed by atoms with Gasteiger partial charge in [-0.1, -0.05) is 11.8 Å². The maximum atomic E-state index is 5.68. The number of hydrogen-bond donors (Lipinski definition) is 1. The highest BCUT2D eigenvalue weighted by atomic mass is 32.2. The fourth-order valence-electron chi connectivity index (χ4n) is 0.970. The number of hydrogen-bond acceptors (Lipinski definition) is 7. The SMILES string of the molecule is Cc1nnc(CSc2nnc(C)n2N)o1. The molecular weight excluding hydrogens is 216 g/mol. The Morgan fingerprint density at radius 3 is 2.60 bits per heavy atom. The average Bonchev–Trinajstić information content (AvgIpc) is 2.74. The fraction of sp³-hybridized carbons (Fsp3) is 0.429. The van der Waals surface area contributed by atoms with Crippen molar-refractivity contribution in [1.29, 1.82) is 0 Å². The van der Waals surface area contributed by atoms with Gasteiger partial charge in [0.25, 0.3) is 0 Å². The first-order chi connectivity index (χ1) is 7.16. The molecule has 0 amide bonds. The van der Waals surface area contributed by atoms with Gasteiger partial charge in [0.2, 0.25) is 16.9 Å². The molecule has 2 heterocycles. The molecule has 0 bridgehead atoms. The monoisotopic (exact) mass is 226 g/mol. The van der Waals surface area contributed by atoms with Gasteiger partial charge in [0, 0.05) is 6.92 Å². The molecule has 0 saturated carbocycles. The first kappa shape index (κ1) is 9.97. The molecule has 2 aromatic heterocycles. The Morgan fingerprint density at radius 2 is 2.07 bits per heavy atom. The van der Waals surface area contributed by atoms with Crippen LogP contribution in [0.15, 0.2) is 9.57 Å². The van der Waals surface area contributed by atoms with Crippen LogP contribution in [-0.2, 0) is 5.75 Å². The summed E-state index contributed by atoms with van der Waals surface area (Å²) >= 11 is 1.40. The molecule has 0 spiro atoms. The van der Waals surface area contributed by atoms with Gasteiger partial charge in [0.15, 0.2) is 0 Å². The lowest BCUT2D eigenvalue weighted by Gasteiger charge is -1.97. The third kappa shape index (κ3) is 2.09. The summed E-state index contributed by atoms with van der Waals surface area (Å²) in [6.07, 6.45) is 0. The second-order valence-electron chi connectivity index (χ2n) is 2.90. The van der Waals surface area contributed by atoms with Crippen LogP contribution in [0.1, 0.15) is 17.6 Å². The van der Waals surface area contributed by atoms with Crippen LogP contribution in [0.3, 0.4) is 0 Å². The second kappa shape index (κ2) is 3.89. The van der Waals surface area contributed by atoms with Crippen LogP contribution >= 0.6 is 11.8 Å². The van der Waals surface area contributed by atoms with E-state index in [1.54, 1.807) is 13.8 Å². The molecule has 15 heavy (non-hydrogen) atoms. The van der Waals surface area contributed by atoms with Gasteiger partial charge in [0.1, 0.15) is 5.82 Å². The van der Waals surface area contributed by atoms with Crippen molar-refractivity contribution in [1.82, 2.24) is 25.1 Å². The zero-order chi connectivity index (χ0) is 10.8. The minimum Gasteiger partial charge on any atom is -0.425 e. The zero-order valence-electron chi connectivity index (χ0n) is 8.34. The van der Waals surface area contributed by atoms with Crippen LogP contribution in [0.25, 0.3) is 0 Å². The molecule has 0 unspecified atom stereocenters. The largest absolute Gasteiger partial charge is 0.425 e. The maximum absolute atomic E-state index is 5.68. The molecule has 2 rings (SSSR count). The Balaban J connectivity index is 2.02. The highest BCUT2D eigenvalue weighted by molar-refractivity contribution is 7.98. The highest BCUT2D eigenvalue weighted by Gasteiger charge is 2.09. The van der Waals surface area contributed by atoms with Crippen molar-refractivity contribution in [3.63, 3.8) is 0 Å². The molecular formula is C7H10N6OS. The first-order valence-corrected chi connectivity index (χ1v) is 5.24. The van der Waals surface area contributed by atoms with Crippen molar-refractivity contribution in [3.8, 4) is 0 Å². The molecule has 7 nitrogen and oxygen atoms in total. The van der Waals surface area contributed by atoms with Gasteiger partial charge in [-0.25, -0.2) is 4.68 Å². The van der Waals surface area contributed by atoms with Crippen LogP contribution in [0.4, 0.5) is 0 Å². The number of nitrogens with two attached hydrogens (primary N) is 1. The summed E-state index contributed by atoms with van der Waals surface area (Å²) in [5, 5.41) is 15.9. The summed E-state index contributed by atoms with van der Waals surface area (Å²) < 4.78 is 6.64. The van der Waals surface area contributed by atoms with Gasteiger partial charge in [-0.3, -0.25) is 0 Å². The fourth-order valence-corrected chi connectivity index (χ4v) is 1.71. The number of rotatable bonds is 3. The molecule has 0 fully saturated rings. The number of nitrogens with zero attached hydrogens (tertiary/aromatic N) is 5. The summed E-state index contributed by atoms with van der Waals surface area (Å²) in [6, 6.07) is 0. The zero-order valence-corrected chi connectivity index (χ0v) is 9.15. The Morgan fingerprint density at radius 1 is 1.27 bits per heavy atom. The van der Waals surface area contributed by atoms with Crippen molar-refractivity contribution in [2.24, 2.45) is 0 Å². The van der Waals surface area contributed by atoms with Crippen LogP contribution in [0, 0.1) is 13.8 Å². The van der Waals surface area contributed by atoms with Crippen molar-refractivity contribution in [2.45, 2.75) is 24.8 Å². The normalized spacial score (nSPS) is 10.8. The van der Waals surface area contributed by atoms with Crippen LogP contribution in [0.5, 0.6) is 0 Å². The summed E-state index contributed by atoms with van der Waals surface area (Å²) in [6.45, 7) is 3.53. The molecule has 2 N–H and O–H groups in total. The first-order valence-electron chi connectivity index (χ1n) is 4.25. The van der Waals surface area contributed by atoms with Gasteiger partial charge in [-0.2, -0.15) is 0 Å². The number of nitrogen functional groups attached to an aromatic ring is 1. The molecule has 0 radical (unpaired) electrons. The predicted octanol–water partition coefficient (Wildman–Crippen LogP) is 0.284. The number of aromatic nitrogens is 5. The molecule has 80 valence electrons. The number of thioether (sulfide) groups is 1. The van der Waals surface area contributed by atoms with Gasteiger partial charge in [0.05, 0.1) is 5.75 Å². The quantitative estimate of drug-likeness (QED) is 0.593. The van der Waals surface area contributed by atoms with Crippen molar-refractivity contribution < 1.29 is 4.42 Å². The van der Waals surface area contributed by atoms with E-state index in [9.17, 15) is 0 Å². The Labute approximate surface area is 90.0 Å². The molecule has 2 aromatic rings.